The minimum atomic E-state index is -0.574. The third kappa shape index (κ3) is 3.44. The highest BCUT2D eigenvalue weighted by atomic mass is 19.1. The van der Waals surface area contributed by atoms with E-state index in [-0.39, 0.29) is 11.6 Å². The quantitative estimate of drug-likeness (QED) is 0.806. The van der Waals surface area contributed by atoms with Gasteiger partial charge in [0, 0.05) is 6.54 Å². The summed E-state index contributed by atoms with van der Waals surface area (Å²) in [5, 5.41) is 9.03. The van der Waals surface area contributed by atoms with E-state index in [0.29, 0.717) is 13.2 Å². The Morgan fingerprint density at radius 2 is 2.11 bits per heavy atom. The van der Waals surface area contributed by atoms with Crippen molar-refractivity contribution in [3.8, 4) is 11.8 Å². The Morgan fingerprint density at radius 3 is 2.61 bits per heavy atom. The van der Waals surface area contributed by atoms with Crippen LogP contribution in [-0.2, 0) is 6.54 Å². The van der Waals surface area contributed by atoms with Crippen LogP contribution in [0.5, 0.6) is 5.75 Å². The fourth-order valence-electron chi connectivity index (χ4n) is 1.47. The third-order valence-electron chi connectivity index (χ3n) is 2.94. The summed E-state index contributed by atoms with van der Waals surface area (Å²) in [7, 11) is 1.84. The summed E-state index contributed by atoms with van der Waals surface area (Å²) >= 11 is 0. The lowest BCUT2D eigenvalue weighted by atomic mass is 10.0. The Kier molecular flexibility index (Phi) is 4.69. The molecule has 0 saturated carbocycles. The van der Waals surface area contributed by atoms with Crippen molar-refractivity contribution in [2.24, 2.45) is 0 Å². The molecule has 18 heavy (non-hydrogen) atoms. The van der Waals surface area contributed by atoms with Crippen LogP contribution in [-0.4, -0.2) is 24.1 Å². The molecule has 3 nitrogen and oxygen atoms in total. The van der Waals surface area contributed by atoms with Crippen LogP contribution in [0.3, 0.4) is 0 Å². The lowest BCUT2D eigenvalue weighted by molar-refractivity contribution is 0.202. The first kappa shape index (κ1) is 14.5. The van der Waals surface area contributed by atoms with E-state index in [4.69, 9.17) is 10.00 Å². The van der Waals surface area contributed by atoms with Crippen LogP contribution in [0, 0.1) is 17.1 Å². The molecule has 4 heteroatoms. The van der Waals surface area contributed by atoms with Crippen LogP contribution in [0.2, 0.25) is 0 Å². The molecule has 0 N–H and O–H groups in total. The molecule has 0 aromatic heterocycles. The molecule has 0 saturated heterocycles. The fraction of sp³-hybridized carbons (Fsp3) is 0.500. The van der Waals surface area contributed by atoms with E-state index in [9.17, 15) is 4.39 Å². The summed E-state index contributed by atoms with van der Waals surface area (Å²) < 4.78 is 18.8. The van der Waals surface area contributed by atoms with Crippen molar-refractivity contribution in [2.45, 2.75) is 32.9 Å². The molecule has 0 amide bonds. The number of nitriles is 1. The molecule has 0 aliphatic carbocycles. The van der Waals surface area contributed by atoms with E-state index < -0.39 is 5.54 Å². The van der Waals surface area contributed by atoms with Crippen molar-refractivity contribution in [2.75, 3.05) is 13.7 Å². The molecule has 0 heterocycles. The predicted octanol–water partition coefficient (Wildman–Crippen LogP) is 2.96. The van der Waals surface area contributed by atoms with Gasteiger partial charge < -0.3 is 4.74 Å². The minimum absolute atomic E-state index is 0.267. The van der Waals surface area contributed by atoms with E-state index in [1.807, 2.05) is 38.8 Å². The molecule has 0 fully saturated rings. The summed E-state index contributed by atoms with van der Waals surface area (Å²) in [5.41, 5.74) is 0.247. The maximum absolute atomic E-state index is 13.7. The van der Waals surface area contributed by atoms with Crippen molar-refractivity contribution in [3.05, 3.63) is 29.6 Å². The topological polar surface area (TPSA) is 36.3 Å². The zero-order valence-electron chi connectivity index (χ0n) is 11.3. The molecule has 0 spiro atoms. The Hall–Kier alpha value is -1.60. The molecule has 0 bridgehead atoms. The molecule has 1 aromatic rings. The zero-order valence-corrected chi connectivity index (χ0v) is 11.3. The molecule has 0 unspecified atom stereocenters. The van der Waals surface area contributed by atoms with Gasteiger partial charge in [0.25, 0.3) is 0 Å². The Labute approximate surface area is 108 Å². The second-order valence-electron chi connectivity index (χ2n) is 4.72. The van der Waals surface area contributed by atoms with Crippen molar-refractivity contribution >= 4 is 0 Å². The van der Waals surface area contributed by atoms with Crippen LogP contribution >= 0.6 is 0 Å². The average Bonchev–Trinajstić information content (AvgIpc) is 2.32. The van der Waals surface area contributed by atoms with E-state index >= 15 is 0 Å². The van der Waals surface area contributed by atoms with Gasteiger partial charge in [-0.3, -0.25) is 4.90 Å². The van der Waals surface area contributed by atoms with Gasteiger partial charge in [-0.1, -0.05) is 6.07 Å². The Balaban J connectivity index is 2.81. The van der Waals surface area contributed by atoms with Crippen LogP contribution in [0.15, 0.2) is 18.2 Å². The first-order valence-electron chi connectivity index (χ1n) is 5.94. The lowest BCUT2D eigenvalue weighted by Gasteiger charge is -2.29. The second kappa shape index (κ2) is 5.83. The summed E-state index contributed by atoms with van der Waals surface area (Å²) in [6, 6.07) is 7.11. The van der Waals surface area contributed by atoms with Crippen molar-refractivity contribution in [1.82, 2.24) is 4.90 Å². The summed E-state index contributed by atoms with van der Waals surface area (Å²) in [6.07, 6.45) is 0. The highest BCUT2D eigenvalue weighted by Gasteiger charge is 2.22. The van der Waals surface area contributed by atoms with Gasteiger partial charge in [0.2, 0.25) is 0 Å². The Morgan fingerprint density at radius 1 is 1.44 bits per heavy atom. The maximum atomic E-state index is 13.7. The molecular weight excluding hydrogens is 231 g/mol. The van der Waals surface area contributed by atoms with Gasteiger partial charge in [0.1, 0.15) is 5.54 Å². The number of benzene rings is 1. The molecule has 1 rings (SSSR count). The first-order valence-corrected chi connectivity index (χ1v) is 5.94. The monoisotopic (exact) mass is 250 g/mol. The number of halogens is 1. The van der Waals surface area contributed by atoms with Gasteiger partial charge in [-0.15, -0.1) is 0 Å². The van der Waals surface area contributed by atoms with E-state index in [0.717, 1.165) is 5.56 Å². The van der Waals surface area contributed by atoms with Crippen LogP contribution in [0.25, 0.3) is 0 Å². The van der Waals surface area contributed by atoms with Crippen molar-refractivity contribution in [1.29, 1.82) is 5.26 Å². The van der Waals surface area contributed by atoms with E-state index in [1.165, 1.54) is 6.07 Å². The van der Waals surface area contributed by atoms with Gasteiger partial charge in [0.05, 0.1) is 12.7 Å². The number of hydrogen-bond acceptors (Lipinski definition) is 3. The minimum Gasteiger partial charge on any atom is -0.491 e. The molecule has 0 aliphatic rings. The van der Waals surface area contributed by atoms with Crippen LogP contribution in [0.4, 0.5) is 4.39 Å². The van der Waals surface area contributed by atoms with Crippen molar-refractivity contribution < 1.29 is 9.13 Å². The lowest BCUT2D eigenvalue weighted by Crippen LogP contribution is -2.39. The highest BCUT2D eigenvalue weighted by Crippen LogP contribution is 2.21. The maximum Gasteiger partial charge on any atom is 0.165 e. The first-order chi connectivity index (χ1) is 8.40. The third-order valence-corrected chi connectivity index (χ3v) is 2.94. The summed E-state index contributed by atoms with van der Waals surface area (Å²) in [4.78, 5) is 1.88. The van der Waals surface area contributed by atoms with Crippen molar-refractivity contribution in [3.63, 3.8) is 0 Å². The van der Waals surface area contributed by atoms with Gasteiger partial charge in [-0.2, -0.15) is 5.26 Å². The van der Waals surface area contributed by atoms with E-state index in [2.05, 4.69) is 6.07 Å². The largest absolute Gasteiger partial charge is 0.491 e. The van der Waals surface area contributed by atoms with Crippen LogP contribution in [0.1, 0.15) is 26.3 Å². The number of nitrogens with zero attached hydrogens (tertiary/aromatic N) is 2. The number of rotatable bonds is 5. The molecule has 1 aromatic carbocycles. The molecule has 0 aliphatic heterocycles. The van der Waals surface area contributed by atoms with Gasteiger partial charge in [-0.05, 0) is 45.5 Å². The average molecular weight is 250 g/mol. The van der Waals surface area contributed by atoms with Gasteiger partial charge in [-0.25, -0.2) is 4.39 Å². The molecular formula is C14H19FN2O. The zero-order chi connectivity index (χ0) is 13.8. The van der Waals surface area contributed by atoms with Gasteiger partial charge >= 0.3 is 0 Å². The van der Waals surface area contributed by atoms with Crippen LogP contribution < -0.4 is 4.74 Å². The summed E-state index contributed by atoms with van der Waals surface area (Å²) in [5.74, 6) is -0.0963. The molecule has 0 atom stereocenters. The highest BCUT2D eigenvalue weighted by molar-refractivity contribution is 5.29. The number of ether oxygens (including phenoxy) is 1. The Bertz CT molecular complexity index is 452. The normalized spacial score (nSPS) is 11.4. The smallest absolute Gasteiger partial charge is 0.165 e. The molecule has 98 valence electrons. The fourth-order valence-corrected chi connectivity index (χ4v) is 1.47. The standard InChI is InChI=1S/C14H19FN2O/c1-5-18-13-7-6-11(8-12(13)15)9-17(4)14(2,3)10-16/h6-8H,5,9H2,1-4H3. The number of hydrogen-bond donors (Lipinski definition) is 0. The SMILES string of the molecule is CCOc1ccc(CN(C)C(C)(C)C#N)cc1F. The summed E-state index contributed by atoms with van der Waals surface area (Å²) in [6.45, 7) is 6.44. The second-order valence-corrected chi connectivity index (χ2v) is 4.72. The van der Waals surface area contributed by atoms with Gasteiger partial charge in [0.15, 0.2) is 11.6 Å². The molecule has 0 radical (unpaired) electrons. The van der Waals surface area contributed by atoms with E-state index in [1.54, 1.807) is 6.07 Å². The predicted molar refractivity (Wildman–Crippen MR) is 68.7 cm³/mol.